The lowest BCUT2D eigenvalue weighted by Crippen LogP contribution is -2.34. The van der Waals surface area contributed by atoms with E-state index in [-0.39, 0.29) is 6.03 Å². The molecule has 1 aliphatic rings. The lowest BCUT2D eigenvalue weighted by atomic mass is 10.1. The van der Waals surface area contributed by atoms with E-state index >= 15 is 0 Å². The first kappa shape index (κ1) is 18.1. The number of hydrogen-bond donors (Lipinski definition) is 2. The maximum absolute atomic E-state index is 12.4. The van der Waals surface area contributed by atoms with Crippen LogP contribution in [0.25, 0.3) is 11.1 Å². The molecule has 28 heavy (non-hydrogen) atoms. The van der Waals surface area contributed by atoms with E-state index in [0.717, 1.165) is 30.6 Å². The number of hydrogen-bond acceptors (Lipinski definition) is 3. The van der Waals surface area contributed by atoms with Crippen molar-refractivity contribution in [3.8, 4) is 11.1 Å². The normalized spacial score (nSPS) is 16.2. The Morgan fingerprint density at radius 1 is 1.11 bits per heavy atom. The number of aryl methyl sites for hydroxylation is 1. The molecule has 1 aromatic heterocycles. The van der Waals surface area contributed by atoms with E-state index in [2.05, 4.69) is 44.9 Å². The number of urea groups is 1. The highest BCUT2D eigenvalue weighted by Gasteiger charge is 2.23. The molecule has 1 atom stereocenters. The summed E-state index contributed by atoms with van der Waals surface area (Å²) in [5, 5.41) is 10.3. The highest BCUT2D eigenvalue weighted by atomic mass is 16.2. The zero-order valence-corrected chi connectivity index (χ0v) is 16.0. The molecule has 2 amide bonds. The van der Waals surface area contributed by atoms with Gasteiger partial charge in [-0.2, -0.15) is 5.10 Å². The third-order valence-corrected chi connectivity index (χ3v) is 5.10. The van der Waals surface area contributed by atoms with Gasteiger partial charge in [0.05, 0.1) is 0 Å². The van der Waals surface area contributed by atoms with Crippen LogP contribution in [-0.4, -0.2) is 35.4 Å². The molecule has 6 heteroatoms. The van der Waals surface area contributed by atoms with Gasteiger partial charge in [0.25, 0.3) is 0 Å². The SMILES string of the molecule is Cn1cc(-c2ccccc2)c(NC(=O)NC[C@H]2CCN(c3ccccc3)C2)n1. The molecule has 2 aromatic carbocycles. The molecule has 2 heterocycles. The fraction of sp³-hybridized carbons (Fsp3) is 0.273. The maximum atomic E-state index is 12.4. The average molecular weight is 375 g/mol. The van der Waals surface area contributed by atoms with Gasteiger partial charge in [-0.05, 0) is 30.0 Å². The zero-order chi connectivity index (χ0) is 19.3. The van der Waals surface area contributed by atoms with Gasteiger partial charge in [-0.1, -0.05) is 48.5 Å². The molecule has 0 saturated carbocycles. The van der Waals surface area contributed by atoms with Crippen molar-refractivity contribution in [1.29, 1.82) is 0 Å². The van der Waals surface area contributed by atoms with Crippen LogP contribution in [0.15, 0.2) is 66.9 Å². The fourth-order valence-electron chi connectivity index (χ4n) is 3.67. The zero-order valence-electron chi connectivity index (χ0n) is 16.0. The Hall–Kier alpha value is -3.28. The van der Waals surface area contributed by atoms with Crippen molar-refractivity contribution in [3.05, 3.63) is 66.9 Å². The van der Waals surface area contributed by atoms with Crippen molar-refractivity contribution in [2.45, 2.75) is 6.42 Å². The number of rotatable bonds is 5. The number of nitrogens with one attached hydrogen (secondary N) is 2. The van der Waals surface area contributed by atoms with E-state index in [0.29, 0.717) is 18.3 Å². The molecule has 0 radical (unpaired) electrons. The van der Waals surface area contributed by atoms with E-state index in [1.54, 1.807) is 4.68 Å². The van der Waals surface area contributed by atoms with Gasteiger partial charge in [0.1, 0.15) is 0 Å². The van der Waals surface area contributed by atoms with E-state index < -0.39 is 0 Å². The molecule has 1 saturated heterocycles. The number of aromatic nitrogens is 2. The van der Waals surface area contributed by atoms with Gasteiger partial charge in [-0.15, -0.1) is 0 Å². The number of nitrogens with zero attached hydrogens (tertiary/aromatic N) is 3. The van der Waals surface area contributed by atoms with Crippen LogP contribution >= 0.6 is 0 Å². The molecule has 144 valence electrons. The van der Waals surface area contributed by atoms with Crippen LogP contribution in [0.3, 0.4) is 0 Å². The van der Waals surface area contributed by atoms with Crippen molar-refractivity contribution in [2.24, 2.45) is 13.0 Å². The minimum Gasteiger partial charge on any atom is -0.371 e. The molecule has 1 fully saturated rings. The smallest absolute Gasteiger partial charge is 0.320 e. The molecular weight excluding hydrogens is 350 g/mol. The molecule has 4 rings (SSSR count). The van der Waals surface area contributed by atoms with Gasteiger partial charge >= 0.3 is 6.03 Å². The van der Waals surface area contributed by atoms with Gasteiger partial charge in [0, 0.05) is 44.1 Å². The highest BCUT2D eigenvalue weighted by molar-refractivity contribution is 5.92. The number of carbonyl (C=O) groups is 1. The van der Waals surface area contributed by atoms with Gasteiger partial charge in [0.2, 0.25) is 0 Å². The Morgan fingerprint density at radius 2 is 1.82 bits per heavy atom. The summed E-state index contributed by atoms with van der Waals surface area (Å²) in [7, 11) is 1.85. The quantitative estimate of drug-likeness (QED) is 0.714. The summed E-state index contributed by atoms with van der Waals surface area (Å²) in [6.45, 7) is 2.64. The van der Waals surface area contributed by atoms with Gasteiger partial charge in [-0.3, -0.25) is 10.00 Å². The summed E-state index contributed by atoms with van der Waals surface area (Å²) < 4.78 is 1.71. The first-order valence-electron chi connectivity index (χ1n) is 9.63. The van der Waals surface area contributed by atoms with E-state index in [1.165, 1.54) is 5.69 Å². The van der Waals surface area contributed by atoms with Gasteiger partial charge < -0.3 is 10.2 Å². The Morgan fingerprint density at radius 3 is 2.57 bits per heavy atom. The van der Waals surface area contributed by atoms with Crippen molar-refractivity contribution in [2.75, 3.05) is 29.9 Å². The third-order valence-electron chi connectivity index (χ3n) is 5.10. The molecular formula is C22H25N5O. The second-order valence-corrected chi connectivity index (χ2v) is 7.20. The summed E-state index contributed by atoms with van der Waals surface area (Å²) in [5.41, 5.74) is 3.19. The minimum absolute atomic E-state index is 0.214. The van der Waals surface area contributed by atoms with Crippen LogP contribution in [0.4, 0.5) is 16.3 Å². The molecule has 3 aromatic rings. The van der Waals surface area contributed by atoms with E-state index in [4.69, 9.17) is 0 Å². The number of carbonyl (C=O) groups excluding carboxylic acids is 1. The standard InChI is InChI=1S/C22H25N5O/c1-26-16-20(18-8-4-2-5-9-18)21(25-26)24-22(28)23-14-17-12-13-27(15-17)19-10-6-3-7-11-19/h2-11,16-17H,12-15H2,1H3,(H2,23,24,25,28)/t17-/m1/s1. The van der Waals surface area contributed by atoms with Crippen molar-refractivity contribution in [1.82, 2.24) is 15.1 Å². The van der Waals surface area contributed by atoms with Crippen molar-refractivity contribution in [3.63, 3.8) is 0 Å². The Balaban J connectivity index is 1.32. The molecule has 0 aliphatic carbocycles. The summed E-state index contributed by atoms with van der Waals surface area (Å²) >= 11 is 0. The molecule has 0 spiro atoms. The summed E-state index contributed by atoms with van der Waals surface area (Å²) in [6.07, 6.45) is 2.99. The summed E-state index contributed by atoms with van der Waals surface area (Å²) in [4.78, 5) is 14.8. The maximum Gasteiger partial charge on any atom is 0.320 e. The van der Waals surface area contributed by atoms with E-state index in [9.17, 15) is 4.79 Å². The van der Waals surface area contributed by atoms with E-state index in [1.807, 2.05) is 49.6 Å². The fourth-order valence-corrected chi connectivity index (χ4v) is 3.67. The van der Waals surface area contributed by atoms with Crippen molar-refractivity contribution >= 4 is 17.5 Å². The van der Waals surface area contributed by atoms with Crippen LogP contribution in [0.2, 0.25) is 0 Å². The van der Waals surface area contributed by atoms with Crippen molar-refractivity contribution < 1.29 is 4.79 Å². The minimum atomic E-state index is -0.214. The molecule has 2 N–H and O–H groups in total. The highest BCUT2D eigenvalue weighted by Crippen LogP contribution is 2.26. The van der Waals surface area contributed by atoms with Gasteiger partial charge in [-0.25, -0.2) is 4.79 Å². The number of benzene rings is 2. The molecule has 6 nitrogen and oxygen atoms in total. The predicted molar refractivity (Wildman–Crippen MR) is 112 cm³/mol. The Kier molecular flexibility index (Phi) is 5.28. The Labute approximate surface area is 165 Å². The molecule has 0 unspecified atom stereocenters. The van der Waals surface area contributed by atoms with Crippen LogP contribution in [0, 0.1) is 5.92 Å². The summed E-state index contributed by atoms with van der Waals surface area (Å²) in [6, 6.07) is 20.2. The summed E-state index contributed by atoms with van der Waals surface area (Å²) in [5.74, 6) is 1.02. The molecule has 1 aliphatic heterocycles. The topological polar surface area (TPSA) is 62.2 Å². The lowest BCUT2D eigenvalue weighted by molar-refractivity contribution is 0.250. The monoisotopic (exact) mass is 375 g/mol. The largest absolute Gasteiger partial charge is 0.371 e. The van der Waals surface area contributed by atoms with Crippen LogP contribution in [0.1, 0.15) is 6.42 Å². The number of para-hydroxylation sites is 1. The second kappa shape index (κ2) is 8.17. The second-order valence-electron chi connectivity index (χ2n) is 7.20. The number of anilines is 2. The average Bonchev–Trinajstić information content (AvgIpc) is 3.34. The Bertz CT molecular complexity index is 923. The third kappa shape index (κ3) is 4.17. The lowest BCUT2D eigenvalue weighted by Gasteiger charge is -2.18. The van der Waals surface area contributed by atoms with Crippen LogP contribution in [0.5, 0.6) is 0 Å². The molecule has 0 bridgehead atoms. The predicted octanol–water partition coefficient (Wildman–Crippen LogP) is 3.74. The number of amides is 2. The van der Waals surface area contributed by atoms with Gasteiger partial charge in [0.15, 0.2) is 5.82 Å². The van der Waals surface area contributed by atoms with Crippen LogP contribution in [-0.2, 0) is 7.05 Å². The first-order chi connectivity index (χ1) is 13.7. The first-order valence-corrected chi connectivity index (χ1v) is 9.63. The van der Waals surface area contributed by atoms with Crippen LogP contribution < -0.4 is 15.5 Å².